The highest BCUT2D eigenvalue weighted by Crippen LogP contribution is 2.37. The molecule has 0 aliphatic heterocycles. The van der Waals surface area contributed by atoms with Crippen molar-refractivity contribution < 1.29 is 44.3 Å². The lowest BCUT2D eigenvalue weighted by Crippen LogP contribution is -2.24. The first-order valence-corrected chi connectivity index (χ1v) is 8.50. The summed E-state index contributed by atoms with van der Waals surface area (Å²) >= 11 is 0. The number of methoxy groups -OCH3 is 1. The average Bonchev–Trinajstić information content (AvgIpc) is 2.48. The molecule has 4 nitrogen and oxygen atoms in total. The van der Waals surface area contributed by atoms with Gasteiger partial charge in [-0.05, 0) is 17.7 Å². The monoisotopic (exact) mass is 392 g/mol. The molecule has 0 N–H and O–H groups in total. The van der Waals surface area contributed by atoms with E-state index in [4.69, 9.17) is 0 Å². The van der Waals surface area contributed by atoms with E-state index < -0.39 is 63.1 Å². The van der Waals surface area contributed by atoms with E-state index in [0.29, 0.717) is 24.3 Å². The van der Waals surface area contributed by atoms with Gasteiger partial charge in [-0.1, -0.05) is 12.1 Å². The molecule has 0 bridgehead atoms. The molecule has 0 saturated heterocycles. The van der Waals surface area contributed by atoms with Gasteiger partial charge in [0.2, 0.25) is 0 Å². The lowest BCUT2D eigenvalue weighted by atomic mass is 10.1. The molecule has 142 valence electrons. The van der Waals surface area contributed by atoms with Crippen LogP contribution in [0.2, 0.25) is 0 Å². The molecular formula is C14H14F6O4S. The number of carbonyl (C=O) groups is 1. The lowest BCUT2D eigenvalue weighted by molar-refractivity contribution is -0.140. The molecule has 11 heteroatoms. The Balaban J connectivity index is 3.18. The zero-order chi connectivity index (χ0) is 19.5. The van der Waals surface area contributed by atoms with Gasteiger partial charge < -0.3 is 4.74 Å². The number of sulfone groups is 1. The van der Waals surface area contributed by atoms with E-state index in [-0.39, 0.29) is 0 Å². The summed E-state index contributed by atoms with van der Waals surface area (Å²) in [4.78, 5) is 11.0. The van der Waals surface area contributed by atoms with Crippen LogP contribution < -0.4 is 0 Å². The molecule has 1 unspecified atom stereocenters. The zero-order valence-electron chi connectivity index (χ0n) is 12.8. The second kappa shape index (κ2) is 7.63. The summed E-state index contributed by atoms with van der Waals surface area (Å²) in [5.41, 5.74) is -1.55. The summed E-state index contributed by atoms with van der Waals surface area (Å²) in [5, 5.41) is -2.11. The Labute approximate surface area is 139 Å². The maximum absolute atomic E-state index is 12.7. The molecule has 1 atom stereocenters. The molecule has 0 aromatic heterocycles. The van der Waals surface area contributed by atoms with E-state index in [1.165, 1.54) is 0 Å². The van der Waals surface area contributed by atoms with Gasteiger partial charge in [0, 0.05) is 0 Å². The van der Waals surface area contributed by atoms with Crippen molar-refractivity contribution in [1.82, 2.24) is 0 Å². The third-order valence-corrected chi connectivity index (χ3v) is 5.36. The molecule has 1 aromatic rings. The van der Waals surface area contributed by atoms with E-state index in [0.717, 1.165) is 7.11 Å². The number of halogens is 6. The number of benzene rings is 1. The van der Waals surface area contributed by atoms with Crippen LogP contribution in [0.15, 0.2) is 24.3 Å². The van der Waals surface area contributed by atoms with Gasteiger partial charge in [-0.15, -0.1) is 0 Å². The first kappa shape index (κ1) is 21.3. The summed E-state index contributed by atoms with van der Waals surface area (Å²) in [6, 6.07) is 2.40. The number of alkyl halides is 6. The maximum Gasteiger partial charge on any atom is 0.416 e. The van der Waals surface area contributed by atoms with E-state index in [2.05, 4.69) is 4.74 Å². The number of ether oxygens (including phenoxy) is 1. The fraction of sp³-hybridized carbons (Fsp3) is 0.500. The first-order chi connectivity index (χ1) is 11.3. The molecule has 0 spiro atoms. The smallest absolute Gasteiger partial charge is 0.416 e. The van der Waals surface area contributed by atoms with E-state index in [9.17, 15) is 39.6 Å². The van der Waals surface area contributed by atoms with Gasteiger partial charge in [0.15, 0.2) is 9.84 Å². The van der Waals surface area contributed by atoms with Crippen molar-refractivity contribution >= 4 is 15.8 Å². The topological polar surface area (TPSA) is 60.4 Å². The number of esters is 1. The fourth-order valence-electron chi connectivity index (χ4n) is 2.02. The van der Waals surface area contributed by atoms with Crippen LogP contribution in [0.4, 0.5) is 26.3 Å². The van der Waals surface area contributed by atoms with Gasteiger partial charge in [0.1, 0.15) is 0 Å². The molecule has 0 radical (unpaired) electrons. The number of hydrogen-bond acceptors (Lipinski definition) is 4. The fourth-order valence-corrected chi connectivity index (χ4v) is 3.77. The Morgan fingerprint density at radius 2 is 1.60 bits per heavy atom. The molecule has 0 saturated carbocycles. The SMILES string of the molecule is COC(=O)CCS(=O)(=O)C(CC(F)(F)F)c1ccc(C(F)(F)F)cc1. The number of rotatable bonds is 6. The summed E-state index contributed by atoms with van der Waals surface area (Å²) in [6.45, 7) is 0. The van der Waals surface area contributed by atoms with Gasteiger partial charge in [-0.2, -0.15) is 26.3 Å². The van der Waals surface area contributed by atoms with E-state index in [1.54, 1.807) is 0 Å². The summed E-state index contributed by atoms with van der Waals surface area (Å²) in [7, 11) is -3.48. The Morgan fingerprint density at radius 1 is 1.08 bits per heavy atom. The van der Waals surface area contributed by atoms with Gasteiger partial charge in [-0.25, -0.2) is 8.42 Å². The average molecular weight is 392 g/mol. The van der Waals surface area contributed by atoms with Crippen molar-refractivity contribution in [2.24, 2.45) is 0 Å². The summed E-state index contributed by atoms with van der Waals surface area (Å²) in [5.74, 6) is -1.84. The molecule has 1 rings (SSSR count). The van der Waals surface area contributed by atoms with Crippen molar-refractivity contribution in [3.63, 3.8) is 0 Å². The second-order valence-electron chi connectivity index (χ2n) is 5.12. The van der Waals surface area contributed by atoms with Gasteiger partial charge >= 0.3 is 18.3 Å². The van der Waals surface area contributed by atoms with Crippen LogP contribution in [0.1, 0.15) is 29.2 Å². The minimum Gasteiger partial charge on any atom is -0.469 e. The van der Waals surface area contributed by atoms with Crippen LogP contribution in [-0.4, -0.2) is 33.4 Å². The van der Waals surface area contributed by atoms with Crippen LogP contribution in [0.25, 0.3) is 0 Å². The van der Waals surface area contributed by atoms with Gasteiger partial charge in [0.05, 0.1) is 36.5 Å². The standard InChI is InChI=1S/C14H14F6O4S/c1-24-12(21)6-7-25(22,23)11(8-13(15,16)17)9-2-4-10(5-3-9)14(18,19)20/h2-5,11H,6-8H2,1H3. The Hall–Kier alpha value is -1.78. The predicted molar refractivity (Wildman–Crippen MR) is 75.3 cm³/mol. The van der Waals surface area contributed by atoms with Crippen molar-refractivity contribution in [2.45, 2.75) is 30.4 Å². The number of carbonyl (C=O) groups excluding carboxylic acids is 1. The van der Waals surface area contributed by atoms with Crippen LogP contribution in [0, 0.1) is 0 Å². The molecular weight excluding hydrogens is 378 g/mol. The zero-order valence-corrected chi connectivity index (χ0v) is 13.6. The highest BCUT2D eigenvalue weighted by atomic mass is 32.2. The Morgan fingerprint density at radius 3 is 2.00 bits per heavy atom. The van der Waals surface area contributed by atoms with Crippen LogP contribution >= 0.6 is 0 Å². The van der Waals surface area contributed by atoms with Crippen LogP contribution in [0.5, 0.6) is 0 Å². The first-order valence-electron chi connectivity index (χ1n) is 6.78. The molecule has 0 aliphatic carbocycles. The van der Waals surface area contributed by atoms with Crippen LogP contribution in [0.3, 0.4) is 0 Å². The number of hydrogen-bond donors (Lipinski definition) is 0. The van der Waals surface area contributed by atoms with Gasteiger partial charge in [-0.3, -0.25) is 4.79 Å². The summed E-state index contributed by atoms with van der Waals surface area (Å²) in [6.07, 6.45) is -12.0. The van der Waals surface area contributed by atoms with Crippen molar-refractivity contribution in [3.8, 4) is 0 Å². The third kappa shape index (κ3) is 6.56. The minimum atomic E-state index is -4.87. The highest BCUT2D eigenvalue weighted by molar-refractivity contribution is 7.91. The largest absolute Gasteiger partial charge is 0.469 e. The van der Waals surface area contributed by atoms with Crippen LogP contribution in [-0.2, 0) is 25.5 Å². The molecule has 0 amide bonds. The van der Waals surface area contributed by atoms with Crippen molar-refractivity contribution in [2.75, 3.05) is 12.9 Å². The maximum atomic E-state index is 12.7. The third-order valence-electron chi connectivity index (χ3n) is 3.28. The molecule has 1 aromatic carbocycles. The molecule has 0 fully saturated rings. The van der Waals surface area contributed by atoms with E-state index in [1.807, 2.05) is 0 Å². The van der Waals surface area contributed by atoms with E-state index >= 15 is 0 Å². The Bertz CT molecular complexity index is 692. The minimum absolute atomic E-state index is 0.435. The Kier molecular flexibility index (Phi) is 6.49. The second-order valence-corrected chi connectivity index (χ2v) is 7.42. The predicted octanol–water partition coefficient (Wildman–Crippen LogP) is 3.68. The van der Waals surface area contributed by atoms with Crippen molar-refractivity contribution in [3.05, 3.63) is 35.4 Å². The normalized spacial score (nSPS) is 14.2. The molecule has 0 aliphatic rings. The lowest BCUT2D eigenvalue weighted by Gasteiger charge is -2.20. The van der Waals surface area contributed by atoms with Gasteiger partial charge in [0.25, 0.3) is 0 Å². The quantitative estimate of drug-likeness (QED) is 0.548. The van der Waals surface area contributed by atoms with Crippen molar-refractivity contribution in [1.29, 1.82) is 0 Å². The molecule has 0 heterocycles. The highest BCUT2D eigenvalue weighted by Gasteiger charge is 2.40. The summed E-state index contributed by atoms with van der Waals surface area (Å²) < 4.78 is 104. The molecule has 25 heavy (non-hydrogen) atoms.